The SMILES string of the molecule is Cc1cnc(CC2CCCN(Cc3cccc4[nH]ccc34)C2)n1Cc1ccc(F)cc1. The van der Waals surface area contributed by atoms with Crippen molar-refractivity contribution < 1.29 is 4.39 Å². The molecule has 1 aliphatic rings. The van der Waals surface area contributed by atoms with E-state index in [9.17, 15) is 4.39 Å². The van der Waals surface area contributed by atoms with Gasteiger partial charge in [-0.15, -0.1) is 0 Å². The monoisotopic (exact) mass is 416 g/mol. The number of nitrogens with one attached hydrogen (secondary N) is 1. The lowest BCUT2D eigenvalue weighted by Crippen LogP contribution is -2.36. The van der Waals surface area contributed by atoms with Crippen molar-refractivity contribution in [1.82, 2.24) is 19.4 Å². The predicted octanol–water partition coefficient (Wildman–Crippen LogP) is 5.31. The lowest BCUT2D eigenvalue weighted by atomic mass is 9.94. The Morgan fingerprint density at radius 3 is 2.84 bits per heavy atom. The number of nitrogens with zero attached hydrogens (tertiary/aromatic N) is 3. The van der Waals surface area contributed by atoms with Crippen molar-refractivity contribution in [3.8, 4) is 0 Å². The van der Waals surface area contributed by atoms with E-state index in [2.05, 4.69) is 45.6 Å². The zero-order valence-corrected chi connectivity index (χ0v) is 18.0. The Balaban J connectivity index is 1.27. The van der Waals surface area contributed by atoms with Crippen molar-refractivity contribution in [3.63, 3.8) is 0 Å². The third kappa shape index (κ3) is 4.42. The highest BCUT2D eigenvalue weighted by Gasteiger charge is 2.23. The molecule has 160 valence electrons. The summed E-state index contributed by atoms with van der Waals surface area (Å²) in [4.78, 5) is 10.6. The van der Waals surface area contributed by atoms with E-state index in [1.54, 1.807) is 0 Å². The predicted molar refractivity (Wildman–Crippen MR) is 122 cm³/mol. The maximum Gasteiger partial charge on any atom is 0.123 e. The quantitative estimate of drug-likeness (QED) is 0.462. The molecular formula is C26H29FN4. The van der Waals surface area contributed by atoms with E-state index < -0.39 is 0 Å². The van der Waals surface area contributed by atoms with Crippen LogP contribution < -0.4 is 0 Å². The van der Waals surface area contributed by atoms with E-state index in [0.29, 0.717) is 5.92 Å². The van der Waals surface area contributed by atoms with Crippen LogP contribution in [0.15, 0.2) is 60.9 Å². The van der Waals surface area contributed by atoms with Crippen LogP contribution in [-0.2, 0) is 19.5 Å². The second-order valence-electron chi connectivity index (χ2n) is 8.83. The molecule has 0 radical (unpaired) electrons. The van der Waals surface area contributed by atoms with Gasteiger partial charge in [-0.1, -0.05) is 24.3 Å². The Bertz CT molecular complexity index is 1160. The summed E-state index contributed by atoms with van der Waals surface area (Å²) in [5.74, 6) is 1.55. The van der Waals surface area contributed by atoms with Gasteiger partial charge >= 0.3 is 0 Å². The molecule has 4 nitrogen and oxygen atoms in total. The molecule has 31 heavy (non-hydrogen) atoms. The minimum atomic E-state index is -0.191. The standard InChI is InChI=1S/C26H29FN4/c1-19-15-29-26(31(19)17-20-7-9-23(27)10-8-20)14-21-4-3-13-30(16-21)18-22-5-2-6-25-24(22)11-12-28-25/h2,5-12,15,21,28H,3-4,13-14,16-18H2,1H3. The molecule has 2 aromatic carbocycles. The number of aromatic nitrogens is 3. The van der Waals surface area contributed by atoms with Crippen molar-refractivity contribution in [2.45, 2.75) is 39.3 Å². The molecule has 1 aliphatic heterocycles. The number of H-pyrrole nitrogens is 1. The van der Waals surface area contributed by atoms with E-state index in [1.807, 2.05) is 24.5 Å². The Labute approximate surface area is 182 Å². The van der Waals surface area contributed by atoms with Crippen LogP contribution in [0.4, 0.5) is 4.39 Å². The molecule has 5 heteroatoms. The molecule has 0 bridgehead atoms. The summed E-state index contributed by atoms with van der Waals surface area (Å²) in [7, 11) is 0. The second-order valence-corrected chi connectivity index (χ2v) is 8.83. The first-order chi connectivity index (χ1) is 15.2. The fourth-order valence-electron chi connectivity index (χ4n) is 4.91. The first kappa shape index (κ1) is 20.0. The molecule has 3 heterocycles. The van der Waals surface area contributed by atoms with Gasteiger partial charge in [0, 0.05) is 55.0 Å². The van der Waals surface area contributed by atoms with Gasteiger partial charge < -0.3 is 9.55 Å². The molecule has 0 amide bonds. The maximum absolute atomic E-state index is 13.3. The Morgan fingerprint density at radius 1 is 1.10 bits per heavy atom. The van der Waals surface area contributed by atoms with Gasteiger partial charge in [-0.25, -0.2) is 9.37 Å². The fraction of sp³-hybridized carbons (Fsp3) is 0.346. The summed E-state index contributed by atoms with van der Waals surface area (Å²) in [6, 6.07) is 15.5. The number of piperidine rings is 1. The summed E-state index contributed by atoms with van der Waals surface area (Å²) in [5.41, 5.74) is 4.87. The Hall–Kier alpha value is -2.92. The van der Waals surface area contributed by atoms with Crippen molar-refractivity contribution in [2.75, 3.05) is 13.1 Å². The van der Waals surface area contributed by atoms with Gasteiger partial charge in [0.05, 0.1) is 0 Å². The number of benzene rings is 2. The van der Waals surface area contributed by atoms with E-state index in [0.717, 1.165) is 49.7 Å². The van der Waals surface area contributed by atoms with Gasteiger partial charge in [-0.3, -0.25) is 4.90 Å². The van der Waals surface area contributed by atoms with Gasteiger partial charge in [-0.2, -0.15) is 0 Å². The van der Waals surface area contributed by atoms with E-state index >= 15 is 0 Å². The van der Waals surface area contributed by atoms with Crippen LogP contribution in [0.2, 0.25) is 0 Å². The van der Waals surface area contributed by atoms with Crippen LogP contribution in [0.5, 0.6) is 0 Å². The summed E-state index contributed by atoms with van der Waals surface area (Å²) < 4.78 is 15.6. The fourth-order valence-corrected chi connectivity index (χ4v) is 4.91. The number of hydrogen-bond donors (Lipinski definition) is 1. The number of imidazole rings is 1. The largest absolute Gasteiger partial charge is 0.361 e. The molecule has 1 unspecified atom stereocenters. The van der Waals surface area contributed by atoms with E-state index in [4.69, 9.17) is 4.98 Å². The average Bonchev–Trinajstić information content (AvgIpc) is 3.38. The first-order valence-corrected chi connectivity index (χ1v) is 11.2. The molecule has 0 spiro atoms. The second kappa shape index (κ2) is 8.67. The molecular weight excluding hydrogens is 387 g/mol. The van der Waals surface area contributed by atoms with Crippen molar-refractivity contribution >= 4 is 10.9 Å². The highest BCUT2D eigenvalue weighted by atomic mass is 19.1. The minimum absolute atomic E-state index is 0.191. The van der Waals surface area contributed by atoms with Crippen LogP contribution in [0.3, 0.4) is 0 Å². The van der Waals surface area contributed by atoms with Crippen LogP contribution in [0.1, 0.15) is 35.5 Å². The highest BCUT2D eigenvalue weighted by Crippen LogP contribution is 2.25. The van der Waals surface area contributed by atoms with Gasteiger partial charge in [0.2, 0.25) is 0 Å². The summed E-state index contributed by atoms with van der Waals surface area (Å²) in [6.07, 6.45) is 7.45. The summed E-state index contributed by atoms with van der Waals surface area (Å²) in [6.45, 7) is 6.09. The third-order valence-electron chi connectivity index (χ3n) is 6.55. The first-order valence-electron chi connectivity index (χ1n) is 11.2. The lowest BCUT2D eigenvalue weighted by molar-refractivity contribution is 0.165. The van der Waals surface area contributed by atoms with Crippen molar-refractivity contribution in [3.05, 3.63) is 89.4 Å². The molecule has 2 aromatic heterocycles. The van der Waals surface area contributed by atoms with Crippen molar-refractivity contribution in [1.29, 1.82) is 0 Å². The van der Waals surface area contributed by atoms with Gasteiger partial charge in [0.15, 0.2) is 0 Å². The molecule has 1 fully saturated rings. The van der Waals surface area contributed by atoms with E-state index in [-0.39, 0.29) is 5.82 Å². The van der Waals surface area contributed by atoms with Crippen LogP contribution >= 0.6 is 0 Å². The maximum atomic E-state index is 13.3. The normalized spacial score (nSPS) is 17.4. The number of likely N-dealkylation sites (tertiary alicyclic amines) is 1. The summed E-state index contributed by atoms with van der Waals surface area (Å²) in [5, 5.41) is 1.33. The van der Waals surface area contributed by atoms with Crippen LogP contribution in [0, 0.1) is 18.7 Å². The molecule has 4 aromatic rings. The number of halogens is 1. The number of aryl methyl sites for hydroxylation is 1. The van der Waals surface area contributed by atoms with Crippen LogP contribution in [0.25, 0.3) is 10.9 Å². The van der Waals surface area contributed by atoms with Gasteiger partial charge in [-0.05, 0) is 67.6 Å². The van der Waals surface area contributed by atoms with Crippen LogP contribution in [-0.4, -0.2) is 32.5 Å². The summed E-state index contributed by atoms with van der Waals surface area (Å²) >= 11 is 0. The third-order valence-corrected chi connectivity index (χ3v) is 6.55. The van der Waals surface area contributed by atoms with Gasteiger partial charge in [0.1, 0.15) is 11.6 Å². The zero-order chi connectivity index (χ0) is 21.2. The number of rotatable bonds is 6. The molecule has 1 N–H and O–H groups in total. The molecule has 5 rings (SSSR count). The minimum Gasteiger partial charge on any atom is -0.361 e. The topological polar surface area (TPSA) is 36.9 Å². The molecule has 1 atom stereocenters. The van der Waals surface area contributed by atoms with E-state index in [1.165, 1.54) is 41.4 Å². The molecule has 0 saturated carbocycles. The Morgan fingerprint density at radius 2 is 1.97 bits per heavy atom. The van der Waals surface area contributed by atoms with Crippen molar-refractivity contribution in [2.24, 2.45) is 5.92 Å². The Kier molecular flexibility index (Phi) is 5.60. The molecule has 0 aliphatic carbocycles. The number of hydrogen-bond acceptors (Lipinski definition) is 2. The number of fused-ring (bicyclic) bond motifs is 1. The smallest absolute Gasteiger partial charge is 0.123 e. The zero-order valence-electron chi connectivity index (χ0n) is 18.0. The highest BCUT2D eigenvalue weighted by molar-refractivity contribution is 5.82. The molecule has 1 saturated heterocycles. The lowest BCUT2D eigenvalue weighted by Gasteiger charge is -2.33. The van der Waals surface area contributed by atoms with Gasteiger partial charge in [0.25, 0.3) is 0 Å². The number of aromatic amines is 1. The average molecular weight is 417 g/mol.